The third-order valence-corrected chi connectivity index (χ3v) is 27.8. The molecule has 0 bridgehead atoms. The fourth-order valence-corrected chi connectivity index (χ4v) is 20.5. The molecule has 0 spiro atoms. The lowest BCUT2D eigenvalue weighted by Crippen LogP contribution is -2.14. The quantitative estimate of drug-likeness (QED) is 0.149. The molecule has 6 aliphatic carbocycles. The Morgan fingerprint density at radius 3 is 0.978 bits per heavy atom. The average molecular weight is 1800 g/mol. The Kier molecular flexibility index (Phi) is 29.1. The maximum atomic E-state index is 11.8. The Balaban J connectivity index is 0.000000109. The van der Waals surface area contributed by atoms with E-state index in [1.165, 1.54) is 161 Å². The first kappa shape index (κ1) is 94.9. The summed E-state index contributed by atoms with van der Waals surface area (Å²) in [5, 5.41) is 0. The van der Waals surface area contributed by atoms with Crippen LogP contribution in [0.2, 0.25) is 0 Å². The third kappa shape index (κ3) is 21.4. The highest BCUT2D eigenvalue weighted by Crippen LogP contribution is 2.51. The molecule has 0 N–H and O–H groups in total. The van der Waals surface area contributed by atoms with Crippen LogP contribution in [0.4, 0.5) is 0 Å². The summed E-state index contributed by atoms with van der Waals surface area (Å²) in [6, 6.07) is 157. The number of aryl methyl sites for hydroxylation is 5. The number of benzene rings is 19. The highest BCUT2D eigenvalue weighted by atomic mass is 16.1. The number of carbonyl (C=O) groups excluding carboxylic acids is 3. The van der Waals surface area contributed by atoms with E-state index < -0.39 is 0 Å². The van der Waals surface area contributed by atoms with Crippen molar-refractivity contribution in [2.75, 3.05) is 0 Å². The van der Waals surface area contributed by atoms with Gasteiger partial charge in [0, 0.05) is 33.4 Å². The van der Waals surface area contributed by atoms with Crippen molar-refractivity contribution < 1.29 is 14.4 Å². The molecule has 139 heavy (non-hydrogen) atoms. The van der Waals surface area contributed by atoms with Crippen LogP contribution in [0.5, 0.6) is 0 Å². The molecule has 0 aliphatic heterocycles. The van der Waals surface area contributed by atoms with Crippen LogP contribution >= 0.6 is 0 Å². The normalized spacial score (nSPS) is 12.4. The van der Waals surface area contributed by atoms with Crippen molar-refractivity contribution >= 4 is 17.3 Å². The van der Waals surface area contributed by atoms with Gasteiger partial charge in [-0.1, -0.05) is 469 Å². The molecule has 6 aliphatic rings. The standard InChI is InChI=1S/2C20H16O.2C16H16.4C14H12.C8H8O/c2*1-15(21)18-12-19(16-8-4-2-5-9-16)14-20(13-18)17-10-6-3-7-11-17;1-11-8-9-15-13(10-11)12-6-4-5-7-14(12)16(15,2)3;1-11-8-9-13-12-6-4-5-7-14(12)16(2,3)15(13)10-11;1-10-11-6-2-4-8-13(11)14-9-5-3-7-12(10)14;1-10-5-4-7-12-9-11-6-2-3-8-13(11)14(10)12;1-10-6-7-14-12(8-10)9-11-4-2-3-5-13(11)14;1-10-6-7-12-9-11-4-2-3-5-13(11)14(12)8-10;1-7(9)8-5-3-2-4-6-8/h2*2-14H,1H3;2*4-10H,1-3H3;2-10H,1H3;3*2-8H,9H2,1H3;2-6H,1H3. The summed E-state index contributed by atoms with van der Waals surface area (Å²) in [5.41, 5.74) is 52.8. The van der Waals surface area contributed by atoms with Crippen molar-refractivity contribution in [3.05, 3.63) is 560 Å². The third-order valence-electron chi connectivity index (χ3n) is 27.8. The summed E-state index contributed by atoms with van der Waals surface area (Å²) < 4.78 is 0. The van der Waals surface area contributed by atoms with Gasteiger partial charge in [0.2, 0.25) is 0 Å². The first-order valence-electron chi connectivity index (χ1n) is 48.6. The summed E-state index contributed by atoms with van der Waals surface area (Å²) in [6.45, 7) is 27.2. The van der Waals surface area contributed by atoms with Gasteiger partial charge in [-0.2, -0.15) is 0 Å². The van der Waals surface area contributed by atoms with Gasteiger partial charge in [0.1, 0.15) is 0 Å². The van der Waals surface area contributed by atoms with Gasteiger partial charge in [0.15, 0.2) is 17.3 Å². The summed E-state index contributed by atoms with van der Waals surface area (Å²) in [4.78, 5) is 34.3. The number of hydrogen-bond donors (Lipinski definition) is 0. The fraction of sp³-hybridized carbons (Fsp3) is 0.140. The molecular weight excluding hydrogens is 1680 g/mol. The van der Waals surface area contributed by atoms with Gasteiger partial charge < -0.3 is 0 Å². The first-order chi connectivity index (χ1) is 67.4. The SMILES string of the molecule is CC(=O)c1cc(-c2ccccc2)cc(-c2ccccc2)c1.CC(=O)c1cc(-c2ccccc2)cc(-c2ccccc2)c1.CC(=O)c1ccccc1.CC1c2ccccc2-c2ccccc21.Cc1ccc2c(c1)-c1ccccc1C2.Cc1ccc2c(c1)-c1ccccc1C2(C)C.Cc1ccc2c(c1)C(C)(C)c1ccccc1-2.Cc1ccc2c(c1)Cc1ccccc1-2.Cc1cccc2c1-c1ccccc1C2. The van der Waals surface area contributed by atoms with Gasteiger partial charge in [0.05, 0.1) is 0 Å². The number of fused-ring (bicyclic) bond motifs is 18. The van der Waals surface area contributed by atoms with Crippen LogP contribution in [0.3, 0.4) is 0 Å². The first-order valence-corrected chi connectivity index (χ1v) is 48.6. The van der Waals surface area contributed by atoms with Gasteiger partial charge in [-0.3, -0.25) is 14.4 Å². The number of hydrogen-bond acceptors (Lipinski definition) is 3. The Morgan fingerprint density at radius 2 is 0.511 bits per heavy atom. The second-order valence-corrected chi connectivity index (χ2v) is 38.4. The van der Waals surface area contributed by atoms with Crippen molar-refractivity contribution in [1.82, 2.24) is 0 Å². The van der Waals surface area contributed by atoms with Crippen LogP contribution in [0.25, 0.3) is 111 Å². The molecule has 25 rings (SSSR count). The molecular formula is C136H120O3. The maximum Gasteiger partial charge on any atom is 0.159 e. The Hall–Kier alpha value is -15.8. The van der Waals surface area contributed by atoms with Gasteiger partial charge >= 0.3 is 0 Å². The lowest BCUT2D eigenvalue weighted by Gasteiger charge is -2.21. The largest absolute Gasteiger partial charge is 0.295 e. The molecule has 0 unspecified atom stereocenters. The van der Waals surface area contributed by atoms with Crippen molar-refractivity contribution in [3.8, 4) is 111 Å². The van der Waals surface area contributed by atoms with Crippen LogP contribution < -0.4 is 0 Å². The van der Waals surface area contributed by atoms with Crippen LogP contribution in [-0.2, 0) is 30.1 Å². The van der Waals surface area contributed by atoms with Crippen molar-refractivity contribution in [2.45, 2.75) is 126 Å². The lowest BCUT2D eigenvalue weighted by molar-refractivity contribution is 0.100. The smallest absolute Gasteiger partial charge is 0.159 e. The Bertz CT molecular complexity index is 7350. The highest BCUT2D eigenvalue weighted by Gasteiger charge is 2.37. The monoisotopic (exact) mass is 1800 g/mol. The molecule has 0 amide bonds. The maximum absolute atomic E-state index is 11.8. The molecule has 3 nitrogen and oxygen atoms in total. The van der Waals surface area contributed by atoms with E-state index in [-0.39, 0.29) is 28.2 Å². The van der Waals surface area contributed by atoms with E-state index in [0.29, 0.717) is 5.92 Å². The predicted molar refractivity (Wildman–Crippen MR) is 586 cm³/mol. The minimum absolute atomic E-state index is 0.0879. The zero-order valence-electron chi connectivity index (χ0n) is 82.1. The Labute approximate surface area is 823 Å². The topological polar surface area (TPSA) is 51.2 Å². The molecule has 0 saturated carbocycles. The number of carbonyl (C=O) groups is 3. The van der Waals surface area contributed by atoms with Crippen LogP contribution in [0, 0.1) is 34.6 Å². The van der Waals surface area contributed by atoms with E-state index in [9.17, 15) is 14.4 Å². The van der Waals surface area contributed by atoms with Crippen molar-refractivity contribution in [3.63, 3.8) is 0 Å². The molecule has 682 valence electrons. The highest BCUT2D eigenvalue weighted by molar-refractivity contribution is 5.99. The molecule has 0 aromatic heterocycles. The summed E-state index contributed by atoms with van der Waals surface area (Å²) >= 11 is 0. The van der Waals surface area contributed by atoms with Crippen molar-refractivity contribution in [1.29, 1.82) is 0 Å². The molecule has 19 aromatic carbocycles. The van der Waals surface area contributed by atoms with Gasteiger partial charge in [-0.05, 0) is 295 Å². The minimum Gasteiger partial charge on any atom is -0.295 e. The van der Waals surface area contributed by atoms with Crippen molar-refractivity contribution in [2.24, 2.45) is 0 Å². The van der Waals surface area contributed by atoms with Crippen LogP contribution in [-0.4, -0.2) is 17.3 Å². The van der Waals surface area contributed by atoms with Gasteiger partial charge in [0.25, 0.3) is 0 Å². The van der Waals surface area contributed by atoms with E-state index >= 15 is 0 Å². The number of rotatable bonds is 7. The zero-order valence-corrected chi connectivity index (χ0v) is 82.1. The molecule has 3 heteroatoms. The van der Waals surface area contributed by atoms with E-state index in [4.69, 9.17) is 0 Å². The number of Topliss-reactive ketones (excluding diaryl/α,β-unsaturated/α-hetero) is 3. The minimum atomic E-state index is 0.0879. The lowest BCUT2D eigenvalue weighted by atomic mass is 9.82. The van der Waals surface area contributed by atoms with Crippen LogP contribution in [0.15, 0.2) is 449 Å². The van der Waals surface area contributed by atoms with Gasteiger partial charge in [-0.25, -0.2) is 0 Å². The summed E-state index contributed by atoms with van der Waals surface area (Å²) in [6.07, 6.45) is 3.31. The van der Waals surface area contributed by atoms with E-state index in [0.717, 1.165) is 80.5 Å². The molecule has 19 aromatic rings. The summed E-state index contributed by atoms with van der Waals surface area (Å²) in [5.74, 6) is 0.855. The fourth-order valence-electron chi connectivity index (χ4n) is 20.5. The predicted octanol–water partition coefficient (Wildman–Crippen LogP) is 35.5. The second kappa shape index (κ2) is 42.6. The zero-order chi connectivity index (χ0) is 96.9. The Morgan fingerprint density at radius 1 is 0.209 bits per heavy atom. The van der Waals surface area contributed by atoms with Gasteiger partial charge in [-0.15, -0.1) is 0 Å². The second-order valence-electron chi connectivity index (χ2n) is 38.4. The molecule has 0 saturated heterocycles. The van der Waals surface area contributed by atoms with E-state index in [1.807, 2.05) is 127 Å². The van der Waals surface area contributed by atoms with E-state index in [1.54, 1.807) is 20.8 Å². The molecule has 0 fully saturated rings. The average Bonchev–Trinajstić information content (AvgIpc) is 1.58. The number of ketones is 3. The van der Waals surface area contributed by atoms with E-state index in [2.05, 4.69) is 391 Å². The van der Waals surface area contributed by atoms with Crippen LogP contribution in [0.1, 0.15) is 187 Å². The molecule has 0 radical (unpaired) electrons. The molecule has 0 atom stereocenters. The summed E-state index contributed by atoms with van der Waals surface area (Å²) in [7, 11) is 0. The molecule has 0 heterocycles.